The molecule has 0 fully saturated rings. The molecule has 1 aliphatic rings. The lowest BCUT2D eigenvalue weighted by Crippen LogP contribution is -2.20. The Kier molecular flexibility index (Phi) is 3.27. The third-order valence-corrected chi connectivity index (χ3v) is 3.31. The van der Waals surface area contributed by atoms with Gasteiger partial charge in [-0.25, -0.2) is 0 Å². The maximum Gasteiger partial charge on any atom is 0.231 e. The van der Waals surface area contributed by atoms with Crippen LogP contribution in [0, 0.1) is 0 Å². The number of anilines is 1. The van der Waals surface area contributed by atoms with Crippen molar-refractivity contribution in [1.29, 1.82) is 0 Å². The quantitative estimate of drug-likeness (QED) is 0.796. The van der Waals surface area contributed by atoms with E-state index in [0.29, 0.717) is 25.0 Å². The SMILES string of the molecule is CCC(=O)CCc1ccc2c(c1)CC(=O)N2C. The molecule has 0 unspecified atom stereocenters. The number of fused-ring (bicyclic) bond motifs is 1. The summed E-state index contributed by atoms with van der Waals surface area (Å²) in [6.07, 6.45) is 2.46. The fraction of sp³-hybridized carbons (Fsp3) is 0.429. The molecule has 0 saturated heterocycles. The Morgan fingerprint density at radius 1 is 1.41 bits per heavy atom. The Balaban J connectivity index is 2.11. The number of benzene rings is 1. The molecule has 1 amide bonds. The largest absolute Gasteiger partial charge is 0.315 e. The first-order valence-corrected chi connectivity index (χ1v) is 6.02. The van der Waals surface area contributed by atoms with Crippen molar-refractivity contribution in [1.82, 2.24) is 0 Å². The van der Waals surface area contributed by atoms with E-state index >= 15 is 0 Å². The lowest BCUT2D eigenvalue weighted by Gasteiger charge is -2.10. The van der Waals surface area contributed by atoms with Crippen molar-refractivity contribution in [3.63, 3.8) is 0 Å². The third kappa shape index (κ3) is 2.38. The smallest absolute Gasteiger partial charge is 0.231 e. The zero-order valence-electron chi connectivity index (χ0n) is 10.3. The molecule has 0 aromatic heterocycles. The van der Waals surface area contributed by atoms with Crippen LogP contribution >= 0.6 is 0 Å². The van der Waals surface area contributed by atoms with E-state index in [4.69, 9.17) is 0 Å². The van der Waals surface area contributed by atoms with E-state index in [1.807, 2.05) is 19.1 Å². The molecule has 0 saturated carbocycles. The maximum absolute atomic E-state index is 11.5. The normalized spacial score (nSPS) is 14.0. The number of aryl methyl sites for hydroxylation is 1. The lowest BCUT2D eigenvalue weighted by molar-refractivity contribution is -0.119. The average molecular weight is 231 g/mol. The number of rotatable bonds is 4. The van der Waals surface area contributed by atoms with Gasteiger partial charge in [0.15, 0.2) is 0 Å². The van der Waals surface area contributed by atoms with Crippen LogP contribution < -0.4 is 4.90 Å². The summed E-state index contributed by atoms with van der Waals surface area (Å²) in [6, 6.07) is 6.04. The van der Waals surface area contributed by atoms with Crippen molar-refractivity contribution in [2.24, 2.45) is 0 Å². The number of carbonyl (C=O) groups is 2. The van der Waals surface area contributed by atoms with Gasteiger partial charge in [0.2, 0.25) is 5.91 Å². The molecule has 17 heavy (non-hydrogen) atoms. The van der Waals surface area contributed by atoms with Gasteiger partial charge in [0.1, 0.15) is 5.78 Å². The fourth-order valence-corrected chi connectivity index (χ4v) is 2.14. The van der Waals surface area contributed by atoms with Gasteiger partial charge in [0.25, 0.3) is 0 Å². The lowest BCUT2D eigenvalue weighted by atomic mass is 10.0. The summed E-state index contributed by atoms with van der Waals surface area (Å²) in [7, 11) is 1.80. The Morgan fingerprint density at radius 2 is 2.18 bits per heavy atom. The molecular formula is C14H17NO2. The molecule has 0 atom stereocenters. The summed E-state index contributed by atoms with van der Waals surface area (Å²) in [4.78, 5) is 24.5. The van der Waals surface area contributed by atoms with Crippen LogP contribution in [-0.4, -0.2) is 18.7 Å². The second-order valence-corrected chi connectivity index (χ2v) is 4.48. The summed E-state index contributed by atoms with van der Waals surface area (Å²) in [5, 5.41) is 0. The second kappa shape index (κ2) is 4.70. The van der Waals surface area contributed by atoms with Crippen molar-refractivity contribution in [3.05, 3.63) is 29.3 Å². The predicted octanol–water partition coefficient (Wildman–Crippen LogP) is 2.12. The molecular weight excluding hydrogens is 214 g/mol. The molecule has 1 aromatic rings. The first kappa shape index (κ1) is 11.8. The Labute approximate surface area is 101 Å². The van der Waals surface area contributed by atoms with Crippen LogP contribution in [0.3, 0.4) is 0 Å². The van der Waals surface area contributed by atoms with E-state index < -0.39 is 0 Å². The van der Waals surface area contributed by atoms with Gasteiger partial charge in [0.05, 0.1) is 6.42 Å². The number of ketones is 1. The molecule has 1 aromatic carbocycles. The van der Waals surface area contributed by atoms with Gasteiger partial charge in [0, 0.05) is 25.6 Å². The fourth-order valence-electron chi connectivity index (χ4n) is 2.14. The van der Waals surface area contributed by atoms with E-state index in [0.717, 1.165) is 23.2 Å². The molecule has 1 aliphatic heterocycles. The number of nitrogens with zero attached hydrogens (tertiary/aromatic N) is 1. The number of carbonyl (C=O) groups excluding carboxylic acids is 2. The summed E-state index contributed by atoms with van der Waals surface area (Å²) in [6.45, 7) is 1.89. The van der Waals surface area contributed by atoms with Crippen molar-refractivity contribution < 1.29 is 9.59 Å². The molecule has 3 heteroatoms. The zero-order chi connectivity index (χ0) is 12.4. The van der Waals surface area contributed by atoms with Crippen LogP contribution in [0.1, 0.15) is 30.9 Å². The summed E-state index contributed by atoms with van der Waals surface area (Å²) in [5.74, 6) is 0.431. The number of hydrogen-bond donors (Lipinski definition) is 0. The van der Waals surface area contributed by atoms with E-state index in [2.05, 4.69) is 6.07 Å². The molecule has 0 radical (unpaired) electrons. The van der Waals surface area contributed by atoms with Gasteiger partial charge in [-0.2, -0.15) is 0 Å². The Morgan fingerprint density at radius 3 is 2.88 bits per heavy atom. The predicted molar refractivity (Wildman–Crippen MR) is 67.2 cm³/mol. The van der Waals surface area contributed by atoms with Crippen LogP contribution in [0.2, 0.25) is 0 Å². The van der Waals surface area contributed by atoms with Crippen molar-refractivity contribution >= 4 is 17.4 Å². The van der Waals surface area contributed by atoms with Crippen molar-refractivity contribution in [3.8, 4) is 0 Å². The van der Waals surface area contributed by atoms with Gasteiger partial charge < -0.3 is 4.90 Å². The second-order valence-electron chi connectivity index (χ2n) is 4.48. The average Bonchev–Trinajstić information content (AvgIpc) is 2.62. The molecule has 2 rings (SSSR count). The summed E-state index contributed by atoms with van der Waals surface area (Å²) in [5.41, 5.74) is 3.23. The first-order chi connectivity index (χ1) is 8.11. The molecule has 0 bridgehead atoms. The van der Waals surface area contributed by atoms with Gasteiger partial charge in [-0.15, -0.1) is 0 Å². The van der Waals surface area contributed by atoms with Crippen LogP contribution in [-0.2, 0) is 22.4 Å². The van der Waals surface area contributed by atoms with Gasteiger partial charge in [-0.3, -0.25) is 9.59 Å². The van der Waals surface area contributed by atoms with Crippen LogP contribution in [0.15, 0.2) is 18.2 Å². The molecule has 3 nitrogen and oxygen atoms in total. The number of likely N-dealkylation sites (N-methyl/N-ethyl adjacent to an activating group) is 1. The first-order valence-electron chi connectivity index (χ1n) is 6.02. The van der Waals surface area contributed by atoms with Crippen LogP contribution in [0.4, 0.5) is 5.69 Å². The molecule has 0 aliphatic carbocycles. The maximum atomic E-state index is 11.5. The highest BCUT2D eigenvalue weighted by Gasteiger charge is 2.23. The number of Topliss-reactive ketones (excluding diaryl/α,β-unsaturated/α-hetero) is 1. The van der Waals surface area contributed by atoms with Crippen molar-refractivity contribution in [2.45, 2.75) is 32.6 Å². The van der Waals surface area contributed by atoms with E-state index in [-0.39, 0.29) is 5.91 Å². The number of hydrogen-bond acceptors (Lipinski definition) is 2. The molecule has 90 valence electrons. The topological polar surface area (TPSA) is 37.4 Å². The minimum atomic E-state index is 0.141. The van der Waals surface area contributed by atoms with E-state index in [9.17, 15) is 9.59 Å². The van der Waals surface area contributed by atoms with E-state index in [1.165, 1.54) is 0 Å². The molecule has 1 heterocycles. The summed E-state index contributed by atoms with van der Waals surface area (Å²) >= 11 is 0. The minimum Gasteiger partial charge on any atom is -0.315 e. The Hall–Kier alpha value is -1.64. The standard InChI is InChI=1S/C14H17NO2/c1-3-12(16)6-4-10-5-7-13-11(8-10)9-14(17)15(13)2/h5,7-8H,3-4,6,9H2,1-2H3. The monoisotopic (exact) mass is 231 g/mol. The van der Waals surface area contributed by atoms with Gasteiger partial charge >= 0.3 is 0 Å². The van der Waals surface area contributed by atoms with Gasteiger partial charge in [-0.1, -0.05) is 19.1 Å². The van der Waals surface area contributed by atoms with Crippen molar-refractivity contribution in [2.75, 3.05) is 11.9 Å². The molecule has 0 N–H and O–H groups in total. The minimum absolute atomic E-state index is 0.141. The van der Waals surface area contributed by atoms with Crippen LogP contribution in [0.5, 0.6) is 0 Å². The highest BCUT2D eigenvalue weighted by molar-refractivity contribution is 6.00. The highest BCUT2D eigenvalue weighted by atomic mass is 16.2. The third-order valence-electron chi connectivity index (χ3n) is 3.31. The Bertz CT molecular complexity index is 465. The highest BCUT2D eigenvalue weighted by Crippen LogP contribution is 2.28. The van der Waals surface area contributed by atoms with Gasteiger partial charge in [-0.05, 0) is 23.6 Å². The molecule has 0 spiro atoms. The van der Waals surface area contributed by atoms with Crippen LogP contribution in [0.25, 0.3) is 0 Å². The summed E-state index contributed by atoms with van der Waals surface area (Å²) < 4.78 is 0. The number of amides is 1. The van der Waals surface area contributed by atoms with E-state index in [1.54, 1.807) is 11.9 Å². The zero-order valence-corrected chi connectivity index (χ0v) is 10.3.